The smallest absolute Gasteiger partial charge is 0.410 e. The third-order valence-corrected chi connectivity index (χ3v) is 3.70. The number of halogens is 1. The van der Waals surface area contributed by atoms with Gasteiger partial charge in [0.1, 0.15) is 12.6 Å². The van der Waals surface area contributed by atoms with Gasteiger partial charge in [0, 0.05) is 29.0 Å². The van der Waals surface area contributed by atoms with Crippen molar-refractivity contribution >= 4 is 32.5 Å². The first-order valence-corrected chi connectivity index (χ1v) is 7.00. The number of rotatable bonds is 3. The summed E-state index contributed by atoms with van der Waals surface area (Å²) in [6, 6.07) is 8.73. The highest BCUT2D eigenvalue weighted by atomic mass is 127. The number of hydrogen-bond acceptors (Lipinski definition) is 4. The molecule has 1 fully saturated rings. The number of carbonyl (C=O) groups excluding carboxylic acids is 2. The molecule has 102 valence electrons. The first-order chi connectivity index (χ1) is 9.08. The van der Waals surface area contributed by atoms with E-state index in [4.69, 9.17) is 4.74 Å². The van der Waals surface area contributed by atoms with Crippen LogP contribution in [0.15, 0.2) is 30.3 Å². The summed E-state index contributed by atoms with van der Waals surface area (Å²) in [5, 5.41) is 9.55. The minimum atomic E-state index is -0.659. The molecule has 0 saturated carbocycles. The van der Waals surface area contributed by atoms with Gasteiger partial charge < -0.3 is 9.84 Å². The van der Waals surface area contributed by atoms with E-state index >= 15 is 0 Å². The highest BCUT2D eigenvalue weighted by molar-refractivity contribution is 14.1. The molecule has 1 N–H and O–H groups in total. The Bertz CT molecular complexity index is 465. The van der Waals surface area contributed by atoms with Gasteiger partial charge in [-0.1, -0.05) is 30.3 Å². The monoisotopic (exact) mass is 375 g/mol. The quantitative estimate of drug-likeness (QED) is 0.646. The SMILES string of the molecule is O=C(I)C1CC(O)CN1C(=O)OCc1ccccc1. The third-order valence-electron chi connectivity index (χ3n) is 2.98. The number of amides is 1. The maximum atomic E-state index is 11.9. The molecule has 0 bridgehead atoms. The van der Waals surface area contributed by atoms with Gasteiger partial charge in [0.15, 0.2) is 0 Å². The van der Waals surface area contributed by atoms with E-state index in [0.717, 1.165) is 5.56 Å². The van der Waals surface area contributed by atoms with Crippen molar-refractivity contribution in [1.82, 2.24) is 4.90 Å². The normalized spacial score (nSPS) is 22.3. The molecule has 5 nitrogen and oxygen atoms in total. The molecule has 2 unspecified atom stereocenters. The van der Waals surface area contributed by atoms with Crippen LogP contribution in [-0.4, -0.2) is 38.6 Å². The lowest BCUT2D eigenvalue weighted by Crippen LogP contribution is -2.39. The van der Waals surface area contributed by atoms with E-state index in [-0.39, 0.29) is 23.4 Å². The fraction of sp³-hybridized carbons (Fsp3) is 0.385. The van der Waals surface area contributed by atoms with Crippen LogP contribution in [0.4, 0.5) is 4.79 Å². The Balaban J connectivity index is 1.94. The highest BCUT2D eigenvalue weighted by Crippen LogP contribution is 2.22. The molecule has 1 saturated heterocycles. The summed E-state index contributed by atoms with van der Waals surface area (Å²) < 4.78 is 5.00. The van der Waals surface area contributed by atoms with E-state index in [1.807, 2.05) is 30.3 Å². The number of nitrogens with zero attached hydrogens (tertiary/aromatic N) is 1. The zero-order valence-electron chi connectivity index (χ0n) is 10.2. The molecule has 1 aliphatic heterocycles. The molecule has 1 aromatic carbocycles. The number of benzene rings is 1. The van der Waals surface area contributed by atoms with Crippen LogP contribution < -0.4 is 0 Å². The lowest BCUT2D eigenvalue weighted by atomic mass is 10.2. The Hall–Kier alpha value is -1.15. The second-order valence-corrected chi connectivity index (χ2v) is 5.47. The van der Waals surface area contributed by atoms with Crippen molar-refractivity contribution in [2.24, 2.45) is 0 Å². The molecule has 6 heteroatoms. The van der Waals surface area contributed by atoms with Crippen molar-refractivity contribution in [2.75, 3.05) is 6.54 Å². The number of hydrogen-bond donors (Lipinski definition) is 1. The van der Waals surface area contributed by atoms with E-state index < -0.39 is 18.2 Å². The standard InChI is InChI=1S/C13H14INO4/c14-12(17)11-6-10(16)7-15(11)13(18)19-8-9-4-2-1-3-5-9/h1-5,10-11,16H,6-8H2. The molecule has 1 aliphatic rings. The minimum Gasteiger partial charge on any atom is -0.445 e. The number of carbonyl (C=O) groups is 2. The fourth-order valence-electron chi connectivity index (χ4n) is 2.03. The molecule has 2 atom stereocenters. The molecule has 19 heavy (non-hydrogen) atoms. The zero-order chi connectivity index (χ0) is 13.8. The van der Waals surface area contributed by atoms with Gasteiger partial charge in [0.05, 0.1) is 12.6 Å². The Morgan fingerprint density at radius 2 is 2.05 bits per heavy atom. The van der Waals surface area contributed by atoms with Gasteiger partial charge in [-0.15, -0.1) is 0 Å². The summed E-state index contributed by atoms with van der Waals surface area (Å²) in [6.07, 6.45) is -0.939. The number of likely N-dealkylation sites (tertiary alicyclic amines) is 1. The van der Waals surface area contributed by atoms with Gasteiger partial charge in [-0.3, -0.25) is 9.69 Å². The van der Waals surface area contributed by atoms with Gasteiger partial charge in [-0.2, -0.15) is 0 Å². The predicted octanol–water partition coefficient (Wildman–Crippen LogP) is 1.72. The Kier molecular flexibility index (Phi) is 4.76. The molecule has 1 amide bonds. The van der Waals surface area contributed by atoms with Crippen LogP contribution >= 0.6 is 22.6 Å². The van der Waals surface area contributed by atoms with Crippen LogP contribution in [0.3, 0.4) is 0 Å². The molecular weight excluding hydrogens is 361 g/mol. The number of β-amino-alcohol motifs (C(OH)–C–C–N with tert-alkyl or cyclic N) is 1. The molecule has 1 aromatic rings. The maximum absolute atomic E-state index is 11.9. The average Bonchev–Trinajstić information content (AvgIpc) is 2.79. The summed E-state index contributed by atoms with van der Waals surface area (Å²) >= 11 is 1.64. The van der Waals surface area contributed by atoms with Crippen LogP contribution in [0.2, 0.25) is 0 Å². The second kappa shape index (κ2) is 6.33. The first kappa shape index (κ1) is 14.3. The van der Waals surface area contributed by atoms with Crippen molar-refractivity contribution in [2.45, 2.75) is 25.2 Å². The molecule has 2 rings (SSSR count). The van der Waals surface area contributed by atoms with Crippen molar-refractivity contribution in [3.8, 4) is 0 Å². The Morgan fingerprint density at radius 3 is 2.68 bits per heavy atom. The third kappa shape index (κ3) is 3.66. The minimum absolute atomic E-state index is 0.146. The highest BCUT2D eigenvalue weighted by Gasteiger charge is 2.38. The van der Waals surface area contributed by atoms with Crippen LogP contribution in [0.25, 0.3) is 0 Å². The number of aliphatic hydroxyl groups excluding tert-OH is 1. The van der Waals surface area contributed by atoms with Gasteiger partial charge in [-0.05, 0) is 5.56 Å². The van der Waals surface area contributed by atoms with Crippen LogP contribution in [-0.2, 0) is 16.1 Å². The van der Waals surface area contributed by atoms with E-state index in [0.29, 0.717) is 0 Å². The summed E-state index contributed by atoms with van der Waals surface area (Å²) in [5.74, 6) is 0. The van der Waals surface area contributed by atoms with E-state index in [1.54, 1.807) is 22.6 Å². The molecule has 0 aromatic heterocycles. The van der Waals surface area contributed by atoms with Crippen molar-refractivity contribution in [3.05, 3.63) is 35.9 Å². The predicted molar refractivity (Wildman–Crippen MR) is 76.8 cm³/mol. The molecule has 0 radical (unpaired) electrons. The van der Waals surface area contributed by atoms with E-state index in [2.05, 4.69) is 0 Å². The summed E-state index contributed by atoms with van der Waals surface area (Å²) in [7, 11) is 0. The molecule has 0 spiro atoms. The first-order valence-electron chi connectivity index (χ1n) is 5.92. The lowest BCUT2D eigenvalue weighted by Gasteiger charge is -2.20. The topological polar surface area (TPSA) is 66.8 Å². The summed E-state index contributed by atoms with van der Waals surface area (Å²) in [5.41, 5.74) is 0.882. The Labute approximate surface area is 124 Å². The van der Waals surface area contributed by atoms with Crippen molar-refractivity contribution in [1.29, 1.82) is 0 Å². The maximum Gasteiger partial charge on any atom is 0.410 e. The van der Waals surface area contributed by atoms with Crippen molar-refractivity contribution in [3.63, 3.8) is 0 Å². The van der Waals surface area contributed by atoms with Gasteiger partial charge in [0.25, 0.3) is 0 Å². The fourth-order valence-corrected chi connectivity index (χ4v) is 2.62. The van der Waals surface area contributed by atoms with Gasteiger partial charge >= 0.3 is 6.09 Å². The van der Waals surface area contributed by atoms with Gasteiger partial charge in [0.2, 0.25) is 3.79 Å². The van der Waals surface area contributed by atoms with Gasteiger partial charge in [-0.25, -0.2) is 4.79 Å². The zero-order valence-corrected chi connectivity index (χ0v) is 12.3. The lowest BCUT2D eigenvalue weighted by molar-refractivity contribution is -0.113. The molecule has 0 aliphatic carbocycles. The second-order valence-electron chi connectivity index (χ2n) is 4.40. The van der Waals surface area contributed by atoms with E-state index in [1.165, 1.54) is 4.90 Å². The van der Waals surface area contributed by atoms with E-state index in [9.17, 15) is 14.7 Å². The van der Waals surface area contributed by atoms with Crippen LogP contribution in [0.1, 0.15) is 12.0 Å². The number of aliphatic hydroxyl groups is 1. The Morgan fingerprint density at radius 1 is 1.37 bits per heavy atom. The summed E-state index contributed by atoms with van der Waals surface area (Å²) in [6.45, 7) is 0.307. The molecule has 1 heterocycles. The van der Waals surface area contributed by atoms with Crippen LogP contribution in [0, 0.1) is 0 Å². The summed E-state index contributed by atoms with van der Waals surface area (Å²) in [4.78, 5) is 24.6. The average molecular weight is 375 g/mol. The molecular formula is C13H14INO4. The van der Waals surface area contributed by atoms with Crippen molar-refractivity contribution < 1.29 is 19.4 Å². The van der Waals surface area contributed by atoms with Crippen LogP contribution in [0.5, 0.6) is 0 Å². The largest absolute Gasteiger partial charge is 0.445 e. The number of ether oxygens (including phenoxy) is 1.